The molecule has 0 spiro atoms. The average molecular weight is 357 g/mol. The molecule has 2 atom stereocenters. The number of likely N-dealkylation sites (tertiary alicyclic amines) is 1. The zero-order valence-corrected chi connectivity index (χ0v) is 15.3. The van der Waals surface area contributed by atoms with Crippen molar-refractivity contribution in [2.75, 3.05) is 19.7 Å². The first-order valence-electron chi connectivity index (χ1n) is 8.29. The molecule has 24 heavy (non-hydrogen) atoms. The number of nitrogens with two attached hydrogens (primary N) is 1. The van der Waals surface area contributed by atoms with Crippen molar-refractivity contribution in [3.63, 3.8) is 0 Å². The van der Waals surface area contributed by atoms with Crippen LogP contribution in [-0.4, -0.2) is 36.0 Å². The second-order valence-electron chi connectivity index (χ2n) is 7.36. The summed E-state index contributed by atoms with van der Waals surface area (Å²) in [6.07, 6.45) is 1.36. The molecule has 1 saturated heterocycles. The Kier molecular flexibility index (Phi) is 6.23. The molecular weight excluding hydrogens is 331 g/mol. The minimum Gasteiger partial charge on any atom is -0.368 e. The Hall–Kier alpha value is -1.17. The molecule has 1 amide bonds. The second kappa shape index (κ2) is 7.81. The van der Waals surface area contributed by atoms with Gasteiger partial charge in [0.25, 0.3) is 0 Å². The molecule has 1 heterocycles. The lowest BCUT2D eigenvalue weighted by molar-refractivity contribution is -0.127. The van der Waals surface area contributed by atoms with Gasteiger partial charge in [0.15, 0.2) is 0 Å². The molecule has 4 nitrogen and oxygen atoms in total. The number of hydrogen-bond acceptors (Lipinski definition) is 3. The molecule has 0 bridgehead atoms. The van der Waals surface area contributed by atoms with E-state index in [9.17, 15) is 9.18 Å². The van der Waals surface area contributed by atoms with Crippen LogP contribution in [0.2, 0.25) is 5.02 Å². The fourth-order valence-electron chi connectivity index (χ4n) is 3.26. The summed E-state index contributed by atoms with van der Waals surface area (Å²) < 4.78 is 20.2. The molecule has 6 heteroatoms. The largest absolute Gasteiger partial charge is 0.368 e. The van der Waals surface area contributed by atoms with Crippen LogP contribution in [0.3, 0.4) is 0 Å². The Bertz CT molecular complexity index is 589. The summed E-state index contributed by atoms with van der Waals surface area (Å²) in [5.41, 5.74) is 5.64. The first-order chi connectivity index (χ1) is 11.2. The Balaban J connectivity index is 2.28. The fraction of sp³-hybridized carbons (Fsp3) is 0.611. The van der Waals surface area contributed by atoms with Crippen LogP contribution in [0.1, 0.15) is 45.3 Å². The Morgan fingerprint density at radius 2 is 2.21 bits per heavy atom. The number of rotatable bonds is 5. The molecule has 0 aliphatic carbocycles. The minimum absolute atomic E-state index is 0.0276. The Morgan fingerprint density at radius 1 is 1.50 bits per heavy atom. The van der Waals surface area contributed by atoms with Gasteiger partial charge in [-0.3, -0.25) is 9.69 Å². The van der Waals surface area contributed by atoms with Gasteiger partial charge in [0, 0.05) is 23.6 Å². The van der Waals surface area contributed by atoms with E-state index in [4.69, 9.17) is 22.1 Å². The van der Waals surface area contributed by atoms with E-state index < -0.39 is 17.8 Å². The minimum atomic E-state index is -0.564. The van der Waals surface area contributed by atoms with Gasteiger partial charge in [-0.2, -0.15) is 0 Å². The lowest BCUT2D eigenvalue weighted by Gasteiger charge is -2.43. The molecule has 1 aliphatic heterocycles. The van der Waals surface area contributed by atoms with Crippen molar-refractivity contribution in [3.05, 3.63) is 34.6 Å². The first-order valence-corrected chi connectivity index (χ1v) is 8.67. The molecule has 2 rings (SSSR count). The smallest absolute Gasteiger partial charge is 0.243 e. The highest BCUT2D eigenvalue weighted by atomic mass is 35.5. The van der Waals surface area contributed by atoms with Crippen molar-refractivity contribution in [2.45, 2.75) is 45.3 Å². The van der Waals surface area contributed by atoms with Crippen LogP contribution in [0.25, 0.3) is 0 Å². The molecule has 1 unspecified atom stereocenters. The van der Waals surface area contributed by atoms with Gasteiger partial charge in [-0.05, 0) is 46.2 Å². The summed E-state index contributed by atoms with van der Waals surface area (Å²) in [5.74, 6) is -0.974. The third kappa shape index (κ3) is 4.68. The number of carbonyl (C=O) groups excluding carboxylic acids is 1. The van der Waals surface area contributed by atoms with Gasteiger partial charge in [-0.25, -0.2) is 4.39 Å². The maximum absolute atomic E-state index is 14.5. The van der Waals surface area contributed by atoms with Gasteiger partial charge in [0.2, 0.25) is 5.91 Å². The van der Waals surface area contributed by atoms with Gasteiger partial charge >= 0.3 is 0 Å². The lowest BCUT2D eigenvalue weighted by Crippen LogP contribution is -2.48. The van der Waals surface area contributed by atoms with Crippen molar-refractivity contribution in [1.82, 2.24) is 4.90 Å². The summed E-state index contributed by atoms with van der Waals surface area (Å²) >= 11 is 5.93. The van der Waals surface area contributed by atoms with E-state index >= 15 is 0 Å². The van der Waals surface area contributed by atoms with E-state index in [0.717, 1.165) is 25.9 Å². The SMILES string of the molecule is CC(C)(C)N1CCCC([C@@H](OCC(N)=O)c2cccc(Cl)c2F)C1. The number of carbonyl (C=O) groups is 1. The molecule has 1 aromatic carbocycles. The van der Waals surface area contributed by atoms with Crippen molar-refractivity contribution in [3.8, 4) is 0 Å². The van der Waals surface area contributed by atoms with Crippen molar-refractivity contribution in [1.29, 1.82) is 0 Å². The van der Waals surface area contributed by atoms with E-state index in [1.807, 2.05) is 0 Å². The van der Waals surface area contributed by atoms with Crippen LogP contribution in [-0.2, 0) is 9.53 Å². The van der Waals surface area contributed by atoms with Gasteiger partial charge < -0.3 is 10.5 Å². The third-order valence-corrected chi connectivity index (χ3v) is 4.82. The van der Waals surface area contributed by atoms with E-state index in [0.29, 0.717) is 5.56 Å². The summed E-state index contributed by atoms with van der Waals surface area (Å²) in [6.45, 7) is 8.03. The summed E-state index contributed by atoms with van der Waals surface area (Å²) in [5, 5.41) is 0.0589. The number of amides is 1. The quantitative estimate of drug-likeness (QED) is 0.878. The predicted octanol–water partition coefficient (Wildman–Crippen LogP) is 3.53. The summed E-state index contributed by atoms with van der Waals surface area (Å²) in [6, 6.07) is 4.88. The lowest BCUT2D eigenvalue weighted by atomic mass is 9.86. The van der Waals surface area contributed by atoms with Crippen LogP contribution in [0, 0.1) is 11.7 Å². The van der Waals surface area contributed by atoms with Crippen LogP contribution < -0.4 is 5.73 Å². The standard InChI is InChI=1S/C18H26ClFN2O2/c1-18(2,3)22-9-5-6-12(10-22)17(24-11-15(21)23)13-7-4-8-14(19)16(13)20/h4,7-8,12,17H,5-6,9-11H2,1-3H3,(H2,21,23)/t12?,17-/m1/s1. The zero-order valence-electron chi connectivity index (χ0n) is 14.5. The molecular formula is C18H26ClFN2O2. The molecule has 1 fully saturated rings. The van der Waals surface area contributed by atoms with E-state index in [2.05, 4.69) is 25.7 Å². The predicted molar refractivity (Wildman–Crippen MR) is 93.3 cm³/mol. The molecule has 0 aromatic heterocycles. The van der Waals surface area contributed by atoms with Crippen LogP contribution in [0.4, 0.5) is 4.39 Å². The first kappa shape index (κ1) is 19.2. The molecule has 134 valence electrons. The zero-order chi connectivity index (χ0) is 17.9. The van der Waals surface area contributed by atoms with Gasteiger partial charge in [-0.15, -0.1) is 0 Å². The van der Waals surface area contributed by atoms with E-state index in [1.165, 1.54) is 6.07 Å². The van der Waals surface area contributed by atoms with Crippen molar-refractivity contribution < 1.29 is 13.9 Å². The number of piperidine rings is 1. The topological polar surface area (TPSA) is 55.6 Å². The fourth-order valence-corrected chi connectivity index (χ4v) is 3.44. The highest BCUT2D eigenvalue weighted by Gasteiger charge is 2.34. The normalized spacial score (nSPS) is 20.8. The molecule has 1 aliphatic rings. The number of benzene rings is 1. The third-order valence-electron chi connectivity index (χ3n) is 4.53. The molecule has 0 saturated carbocycles. The summed E-state index contributed by atoms with van der Waals surface area (Å²) in [4.78, 5) is 13.5. The van der Waals surface area contributed by atoms with E-state index in [1.54, 1.807) is 12.1 Å². The number of hydrogen-bond donors (Lipinski definition) is 1. The van der Waals surface area contributed by atoms with Crippen molar-refractivity contribution in [2.24, 2.45) is 11.7 Å². The van der Waals surface area contributed by atoms with E-state index in [-0.39, 0.29) is 23.1 Å². The second-order valence-corrected chi connectivity index (χ2v) is 7.77. The molecule has 1 aromatic rings. The number of primary amides is 1. The Labute approximate surface area is 148 Å². The molecule has 0 radical (unpaired) electrons. The summed E-state index contributed by atoms with van der Waals surface area (Å²) in [7, 11) is 0. The number of halogens is 2. The molecule has 2 N–H and O–H groups in total. The maximum Gasteiger partial charge on any atom is 0.243 e. The Morgan fingerprint density at radius 3 is 2.83 bits per heavy atom. The monoisotopic (exact) mass is 356 g/mol. The maximum atomic E-state index is 14.5. The average Bonchev–Trinajstić information content (AvgIpc) is 2.50. The highest BCUT2D eigenvalue weighted by molar-refractivity contribution is 6.30. The van der Waals surface area contributed by atoms with Crippen LogP contribution >= 0.6 is 11.6 Å². The van der Waals surface area contributed by atoms with Crippen LogP contribution in [0.5, 0.6) is 0 Å². The van der Waals surface area contributed by atoms with Gasteiger partial charge in [0.05, 0.1) is 11.1 Å². The van der Waals surface area contributed by atoms with Crippen molar-refractivity contribution >= 4 is 17.5 Å². The van der Waals surface area contributed by atoms with Gasteiger partial charge in [0.1, 0.15) is 12.4 Å². The number of nitrogens with zero attached hydrogens (tertiary/aromatic N) is 1. The van der Waals surface area contributed by atoms with Crippen LogP contribution in [0.15, 0.2) is 18.2 Å². The van der Waals surface area contributed by atoms with Gasteiger partial charge in [-0.1, -0.05) is 23.7 Å². The number of ether oxygens (including phenoxy) is 1. The highest BCUT2D eigenvalue weighted by Crippen LogP contribution is 2.37.